The lowest BCUT2D eigenvalue weighted by atomic mass is 9.71. The van der Waals surface area contributed by atoms with Crippen LogP contribution in [0.2, 0.25) is 0 Å². The Morgan fingerprint density at radius 2 is 2.05 bits per heavy atom. The van der Waals surface area contributed by atoms with Gasteiger partial charge in [0.1, 0.15) is 5.41 Å². The smallest absolute Gasteiger partial charge is 0.312 e. The minimum Gasteiger partial charge on any atom is -0.481 e. The molecule has 1 aromatic carbocycles. The van der Waals surface area contributed by atoms with Crippen molar-refractivity contribution in [1.82, 2.24) is 5.32 Å². The van der Waals surface area contributed by atoms with Gasteiger partial charge in [0.05, 0.1) is 5.92 Å². The number of carboxylic acid groups (broad SMARTS) is 1. The number of unbranched alkanes of at least 4 members (excludes halogenated alkanes) is 2. The fourth-order valence-corrected chi connectivity index (χ4v) is 3.05. The third-order valence-electron chi connectivity index (χ3n) is 4.18. The van der Waals surface area contributed by atoms with Crippen molar-refractivity contribution in [1.29, 1.82) is 0 Å². The minimum absolute atomic E-state index is 0.171. The fourth-order valence-electron chi connectivity index (χ4n) is 3.05. The van der Waals surface area contributed by atoms with E-state index in [-0.39, 0.29) is 12.5 Å². The summed E-state index contributed by atoms with van der Waals surface area (Å²) >= 11 is 0. The maximum atomic E-state index is 12.2. The molecular formula is C16H21NO3. The first-order valence-corrected chi connectivity index (χ1v) is 7.18. The van der Waals surface area contributed by atoms with Gasteiger partial charge >= 0.3 is 5.97 Å². The van der Waals surface area contributed by atoms with Crippen molar-refractivity contribution in [2.24, 2.45) is 5.41 Å². The van der Waals surface area contributed by atoms with Crippen LogP contribution in [-0.2, 0) is 9.59 Å². The van der Waals surface area contributed by atoms with Crippen LogP contribution in [0.15, 0.2) is 30.3 Å². The van der Waals surface area contributed by atoms with Gasteiger partial charge in [-0.3, -0.25) is 9.59 Å². The van der Waals surface area contributed by atoms with Gasteiger partial charge in [0, 0.05) is 6.54 Å². The molecule has 2 atom stereocenters. The van der Waals surface area contributed by atoms with E-state index in [4.69, 9.17) is 0 Å². The van der Waals surface area contributed by atoms with E-state index in [1.54, 1.807) is 0 Å². The molecule has 2 rings (SSSR count). The van der Waals surface area contributed by atoms with Crippen molar-refractivity contribution in [3.63, 3.8) is 0 Å². The first kappa shape index (κ1) is 14.6. The van der Waals surface area contributed by atoms with Crippen LogP contribution in [-0.4, -0.2) is 23.5 Å². The molecule has 1 fully saturated rings. The number of rotatable bonds is 6. The summed E-state index contributed by atoms with van der Waals surface area (Å²) in [6.45, 7) is 2.31. The van der Waals surface area contributed by atoms with E-state index in [1.165, 1.54) is 0 Å². The van der Waals surface area contributed by atoms with E-state index in [0.29, 0.717) is 6.42 Å². The van der Waals surface area contributed by atoms with Crippen LogP contribution in [0.5, 0.6) is 0 Å². The van der Waals surface area contributed by atoms with Gasteiger partial charge in [0.15, 0.2) is 0 Å². The van der Waals surface area contributed by atoms with Gasteiger partial charge in [-0.15, -0.1) is 0 Å². The van der Waals surface area contributed by atoms with E-state index in [2.05, 4.69) is 12.2 Å². The third-order valence-corrected chi connectivity index (χ3v) is 4.18. The second-order valence-corrected chi connectivity index (χ2v) is 5.48. The van der Waals surface area contributed by atoms with Gasteiger partial charge in [-0.1, -0.05) is 56.5 Å². The summed E-state index contributed by atoms with van der Waals surface area (Å²) < 4.78 is 0. The summed E-state index contributed by atoms with van der Waals surface area (Å²) in [4.78, 5) is 24.0. The monoisotopic (exact) mass is 275 g/mol. The largest absolute Gasteiger partial charge is 0.481 e. The van der Waals surface area contributed by atoms with Gasteiger partial charge in [-0.25, -0.2) is 0 Å². The summed E-state index contributed by atoms with van der Waals surface area (Å²) in [6, 6.07) is 9.25. The molecule has 1 aliphatic rings. The SMILES string of the molecule is CCCCCC1(C(=O)O)CNC(=O)C1c1ccccc1. The van der Waals surface area contributed by atoms with Crippen molar-refractivity contribution in [2.75, 3.05) is 6.54 Å². The number of amides is 1. The van der Waals surface area contributed by atoms with E-state index in [9.17, 15) is 14.7 Å². The van der Waals surface area contributed by atoms with Crippen molar-refractivity contribution >= 4 is 11.9 Å². The maximum Gasteiger partial charge on any atom is 0.312 e. The molecule has 1 amide bonds. The van der Waals surface area contributed by atoms with Crippen molar-refractivity contribution in [2.45, 2.75) is 38.5 Å². The van der Waals surface area contributed by atoms with Crippen molar-refractivity contribution < 1.29 is 14.7 Å². The second-order valence-electron chi connectivity index (χ2n) is 5.48. The molecule has 1 aliphatic heterocycles. The van der Waals surface area contributed by atoms with Crippen molar-refractivity contribution in [3.8, 4) is 0 Å². The zero-order valence-corrected chi connectivity index (χ0v) is 11.8. The Labute approximate surface area is 119 Å². The Bertz CT molecular complexity index is 486. The quantitative estimate of drug-likeness (QED) is 0.784. The number of carboxylic acids is 1. The highest BCUT2D eigenvalue weighted by molar-refractivity contribution is 5.95. The molecule has 1 saturated heterocycles. The Morgan fingerprint density at radius 3 is 2.65 bits per heavy atom. The van der Waals surface area contributed by atoms with E-state index in [1.807, 2.05) is 30.3 Å². The number of carbonyl (C=O) groups is 2. The number of nitrogens with one attached hydrogen (secondary N) is 1. The summed E-state index contributed by atoms with van der Waals surface area (Å²) in [6.07, 6.45) is 3.40. The molecule has 2 unspecified atom stereocenters. The molecule has 4 heteroatoms. The number of hydrogen-bond acceptors (Lipinski definition) is 2. The molecule has 0 spiro atoms. The summed E-state index contributed by atoms with van der Waals surface area (Å²) in [7, 11) is 0. The van der Waals surface area contributed by atoms with Crippen LogP contribution in [0, 0.1) is 5.41 Å². The highest BCUT2D eigenvalue weighted by atomic mass is 16.4. The molecule has 2 N–H and O–H groups in total. The maximum absolute atomic E-state index is 12.2. The molecule has 4 nitrogen and oxygen atoms in total. The molecule has 108 valence electrons. The molecular weight excluding hydrogens is 254 g/mol. The predicted molar refractivity (Wildman–Crippen MR) is 76.4 cm³/mol. The van der Waals surface area contributed by atoms with Crippen LogP contribution in [0.1, 0.15) is 44.1 Å². The summed E-state index contributed by atoms with van der Waals surface area (Å²) in [5.41, 5.74) is -0.213. The lowest BCUT2D eigenvalue weighted by Gasteiger charge is -2.29. The topological polar surface area (TPSA) is 66.4 Å². The fraction of sp³-hybridized carbons (Fsp3) is 0.500. The molecule has 1 aromatic rings. The number of hydrogen-bond donors (Lipinski definition) is 2. The Kier molecular flexibility index (Phi) is 4.42. The minimum atomic E-state index is -1.01. The molecule has 0 aliphatic carbocycles. The second kappa shape index (κ2) is 6.07. The van der Waals surface area contributed by atoms with Crippen LogP contribution >= 0.6 is 0 Å². The highest BCUT2D eigenvalue weighted by Crippen LogP contribution is 2.44. The van der Waals surface area contributed by atoms with E-state index in [0.717, 1.165) is 24.8 Å². The van der Waals surface area contributed by atoms with Crippen LogP contribution in [0.25, 0.3) is 0 Å². The van der Waals surface area contributed by atoms with Gasteiger partial charge in [-0.05, 0) is 12.0 Å². The van der Waals surface area contributed by atoms with Crippen LogP contribution in [0.3, 0.4) is 0 Å². The number of benzene rings is 1. The molecule has 0 radical (unpaired) electrons. The Balaban J connectivity index is 2.33. The first-order chi connectivity index (χ1) is 9.62. The average molecular weight is 275 g/mol. The zero-order chi connectivity index (χ0) is 14.6. The van der Waals surface area contributed by atoms with Crippen molar-refractivity contribution in [3.05, 3.63) is 35.9 Å². The Morgan fingerprint density at radius 1 is 1.35 bits per heavy atom. The first-order valence-electron chi connectivity index (χ1n) is 7.18. The van der Waals surface area contributed by atoms with Gasteiger partial charge in [0.2, 0.25) is 5.91 Å². The average Bonchev–Trinajstić information content (AvgIpc) is 2.78. The molecule has 20 heavy (non-hydrogen) atoms. The molecule has 1 heterocycles. The molecule has 0 saturated carbocycles. The van der Waals surface area contributed by atoms with E-state index < -0.39 is 17.3 Å². The van der Waals surface area contributed by atoms with Crippen LogP contribution < -0.4 is 5.32 Å². The standard InChI is InChI=1S/C16H21NO3/c1-2-3-7-10-16(15(19)20)11-17-14(18)13(16)12-8-5-4-6-9-12/h4-6,8-9,13H,2-3,7,10-11H2,1H3,(H,17,18)(H,19,20). The van der Waals surface area contributed by atoms with Gasteiger partial charge < -0.3 is 10.4 Å². The van der Waals surface area contributed by atoms with Gasteiger partial charge in [0.25, 0.3) is 0 Å². The van der Waals surface area contributed by atoms with Gasteiger partial charge in [-0.2, -0.15) is 0 Å². The molecule has 0 aromatic heterocycles. The lowest BCUT2D eigenvalue weighted by Crippen LogP contribution is -2.38. The number of aliphatic carboxylic acids is 1. The lowest BCUT2D eigenvalue weighted by molar-refractivity contribution is -0.150. The van der Waals surface area contributed by atoms with Crippen LogP contribution in [0.4, 0.5) is 0 Å². The highest BCUT2D eigenvalue weighted by Gasteiger charge is 2.54. The summed E-state index contributed by atoms with van der Waals surface area (Å²) in [5, 5.41) is 12.5. The molecule has 0 bridgehead atoms. The predicted octanol–water partition coefficient (Wildman–Crippen LogP) is 2.55. The Hall–Kier alpha value is -1.84. The third kappa shape index (κ3) is 2.55. The number of carbonyl (C=O) groups excluding carboxylic acids is 1. The van der Waals surface area contributed by atoms with E-state index >= 15 is 0 Å². The summed E-state index contributed by atoms with van der Waals surface area (Å²) in [5.74, 6) is -1.63. The zero-order valence-electron chi connectivity index (χ0n) is 11.8. The normalized spacial score (nSPS) is 25.4.